The molecular formula is C23H25N7O22P4. The van der Waals surface area contributed by atoms with Gasteiger partial charge in [-0.25, -0.2) is 42.4 Å². The smallest absolute Gasteiger partial charge is 0.404 e. The minimum absolute atomic E-state index is 0.0337. The van der Waals surface area contributed by atoms with Crippen molar-refractivity contribution in [2.45, 2.75) is 23.7 Å². The van der Waals surface area contributed by atoms with Gasteiger partial charge in [-0.05, 0) is 18.2 Å². The van der Waals surface area contributed by atoms with Crippen LogP contribution < -0.4 is 15.9 Å². The van der Waals surface area contributed by atoms with E-state index in [0.29, 0.717) is 28.4 Å². The zero-order chi connectivity index (χ0) is 41.6. The fourth-order valence-corrected chi connectivity index (χ4v) is 9.56. The number of phosphoric ester groups is 1. The molecule has 7 atom stereocenters. The lowest BCUT2D eigenvalue weighted by molar-refractivity contribution is -0.385. The molecule has 56 heavy (non-hydrogen) atoms. The van der Waals surface area contributed by atoms with Crippen molar-refractivity contribution in [2.75, 3.05) is 6.61 Å². The molecule has 0 saturated carbocycles. The van der Waals surface area contributed by atoms with Crippen LogP contribution in [-0.2, 0) is 47.4 Å². The van der Waals surface area contributed by atoms with Crippen LogP contribution in [0.3, 0.4) is 0 Å². The summed E-state index contributed by atoms with van der Waals surface area (Å²) in [6, 6.07) is 4.09. The van der Waals surface area contributed by atoms with Crippen molar-refractivity contribution in [3.63, 3.8) is 0 Å². The van der Waals surface area contributed by atoms with Crippen molar-refractivity contribution in [3.8, 4) is 5.75 Å². The van der Waals surface area contributed by atoms with E-state index in [9.17, 15) is 73.1 Å². The van der Waals surface area contributed by atoms with Gasteiger partial charge < -0.3 is 54.2 Å². The maximum Gasteiger partial charge on any atom is 0.536 e. The van der Waals surface area contributed by atoms with Crippen LogP contribution in [-0.4, -0.2) is 97.0 Å². The van der Waals surface area contributed by atoms with Crippen molar-refractivity contribution >= 4 is 48.3 Å². The van der Waals surface area contributed by atoms with Gasteiger partial charge in [-0.1, -0.05) is 0 Å². The molecule has 3 unspecified atom stereocenters. The number of H-pyrrole nitrogens is 1. The number of phosphoric acid groups is 4. The standard InChI is InChI=1S/C17H20N4O21P4.C6H5N3O/c22-8-12-14(23)16(25,17(26,38-12)20-3-1-13-18-2-4-19(13)15(20)24)9-5-10(21(27)28)7-11(6-9)39-44(32,33)41-46(36,37)42-45(34,35)40-43(29,30)31;10-6-8-2-1-5-7-3-4-9(5)6/h1-7,12,14,22-23,25-26H,8H2,(H,32,33)(H,34,35)(H,36,37)(H2,29,30,31);1-4H,(H,8,10)/t12-,14-,16-,17-;/m1./s1. The number of fused-ring (bicyclic) bond motifs is 2. The number of ether oxygens (including phenoxy) is 1. The Morgan fingerprint density at radius 3 is 2.05 bits per heavy atom. The van der Waals surface area contributed by atoms with E-state index in [2.05, 4.69) is 32.4 Å². The number of non-ortho nitro benzene ring substituents is 1. The van der Waals surface area contributed by atoms with Crippen molar-refractivity contribution < 1.29 is 90.3 Å². The summed E-state index contributed by atoms with van der Waals surface area (Å²) in [5, 5.41) is 55.8. The summed E-state index contributed by atoms with van der Waals surface area (Å²) >= 11 is 0. The zero-order valence-corrected chi connectivity index (χ0v) is 30.6. The summed E-state index contributed by atoms with van der Waals surface area (Å²) in [6.07, 6.45) is 3.58. The van der Waals surface area contributed by atoms with Gasteiger partial charge in [-0.15, -0.1) is 0 Å². The second-order valence-electron chi connectivity index (χ2n) is 10.9. The molecule has 0 bridgehead atoms. The third-order valence-electron chi connectivity index (χ3n) is 7.27. The maximum atomic E-state index is 13.2. The number of imidazole rings is 2. The first-order valence-electron chi connectivity index (χ1n) is 14.5. The average molecular weight is 875 g/mol. The monoisotopic (exact) mass is 875 g/mol. The lowest BCUT2D eigenvalue weighted by Gasteiger charge is -2.38. The minimum Gasteiger partial charge on any atom is -0.404 e. The number of rotatable bonds is 12. The SMILES string of the molecule is O=c1[nH]ccc2nccn12.O=c1n([C@]2(O)O[C@H](CO)[C@@H](O)[C@]2(O)c2cc(OP(=O)(O)OP(=O)(O)OP(=O)(O)OP(=O)(O)O)cc([N+](=O)[O-])c2)ccc2nccn12. The molecule has 5 aromatic rings. The van der Waals surface area contributed by atoms with Crippen LogP contribution in [0.5, 0.6) is 5.75 Å². The first-order valence-corrected chi connectivity index (χ1v) is 20.5. The quantitative estimate of drug-likeness (QED) is 0.0387. The second kappa shape index (κ2) is 15.2. The first-order chi connectivity index (χ1) is 25.8. The fourth-order valence-electron chi connectivity index (χ4n) is 5.12. The van der Waals surface area contributed by atoms with E-state index in [1.54, 1.807) is 24.7 Å². The summed E-state index contributed by atoms with van der Waals surface area (Å²) in [4.78, 5) is 90.8. The Morgan fingerprint density at radius 1 is 0.875 bits per heavy atom. The zero-order valence-electron chi connectivity index (χ0n) is 27.0. The molecule has 4 aromatic heterocycles. The van der Waals surface area contributed by atoms with Gasteiger partial charge >= 0.3 is 42.7 Å². The van der Waals surface area contributed by atoms with Crippen LogP contribution in [0.2, 0.25) is 0 Å². The van der Waals surface area contributed by atoms with Crippen molar-refractivity contribution in [2.24, 2.45) is 0 Å². The third kappa shape index (κ3) is 8.79. The normalized spacial score (nSPS) is 24.4. The molecule has 1 aliphatic heterocycles. The molecule has 0 aliphatic carbocycles. The summed E-state index contributed by atoms with van der Waals surface area (Å²) in [5.74, 6) is -4.64. The minimum atomic E-state index is -6.32. The van der Waals surface area contributed by atoms with Crippen LogP contribution in [0.1, 0.15) is 5.56 Å². The van der Waals surface area contributed by atoms with Crippen LogP contribution in [0, 0.1) is 10.1 Å². The highest BCUT2D eigenvalue weighted by atomic mass is 31.3. The molecule has 10 N–H and O–H groups in total. The van der Waals surface area contributed by atoms with Crippen LogP contribution >= 0.6 is 31.3 Å². The van der Waals surface area contributed by atoms with Gasteiger partial charge in [-0.3, -0.25) is 23.8 Å². The number of hydrogen-bond donors (Lipinski definition) is 10. The highest BCUT2D eigenvalue weighted by Crippen LogP contribution is 2.70. The average Bonchev–Trinajstić information content (AvgIpc) is 3.79. The number of nitrogens with one attached hydrogen (secondary N) is 1. The van der Waals surface area contributed by atoms with E-state index in [4.69, 9.17) is 14.5 Å². The number of aliphatic hydroxyl groups is 4. The topological polar surface area (TPSA) is 429 Å². The summed E-state index contributed by atoms with van der Waals surface area (Å²) in [7, 11) is -24.5. The molecule has 1 fully saturated rings. The predicted molar refractivity (Wildman–Crippen MR) is 176 cm³/mol. The molecule has 1 saturated heterocycles. The van der Waals surface area contributed by atoms with E-state index < -0.39 is 89.2 Å². The largest absolute Gasteiger partial charge is 0.536 e. The van der Waals surface area contributed by atoms with Gasteiger partial charge in [-0.2, -0.15) is 12.9 Å². The number of aromatic amines is 1. The highest BCUT2D eigenvalue weighted by molar-refractivity contribution is 7.69. The van der Waals surface area contributed by atoms with E-state index in [1.807, 2.05) is 0 Å². The molecule has 0 amide bonds. The molecule has 0 spiro atoms. The summed E-state index contributed by atoms with van der Waals surface area (Å²) < 4.78 is 69.7. The highest BCUT2D eigenvalue weighted by Gasteiger charge is 2.68. The van der Waals surface area contributed by atoms with Gasteiger partial charge in [0.2, 0.25) is 0 Å². The molecule has 6 rings (SSSR count). The number of nitro groups is 1. The Labute approximate surface area is 307 Å². The molecule has 1 aromatic carbocycles. The number of aromatic nitrogens is 6. The van der Waals surface area contributed by atoms with Crippen molar-refractivity contribution in [1.29, 1.82) is 0 Å². The Hall–Kier alpha value is -4.34. The maximum absolute atomic E-state index is 13.2. The number of aliphatic hydroxyl groups excluding tert-OH is 2. The third-order valence-corrected chi connectivity index (χ3v) is 12.7. The number of benzene rings is 1. The fraction of sp³-hybridized carbons (Fsp3) is 0.217. The lowest BCUT2D eigenvalue weighted by atomic mass is 9.84. The Balaban J connectivity index is 0.000000514. The molecule has 33 heteroatoms. The van der Waals surface area contributed by atoms with E-state index in [0.717, 1.165) is 22.9 Å². The molecule has 29 nitrogen and oxygen atoms in total. The van der Waals surface area contributed by atoms with Gasteiger partial charge in [0.05, 0.1) is 17.6 Å². The van der Waals surface area contributed by atoms with E-state index in [-0.39, 0.29) is 11.3 Å². The summed E-state index contributed by atoms with van der Waals surface area (Å²) in [6.45, 7) is -1.13. The van der Waals surface area contributed by atoms with Crippen LogP contribution in [0.15, 0.2) is 77.1 Å². The molecule has 304 valence electrons. The molecular weight excluding hydrogens is 850 g/mol. The molecule has 0 radical (unpaired) electrons. The summed E-state index contributed by atoms with van der Waals surface area (Å²) in [5.41, 5.74) is -6.15. The van der Waals surface area contributed by atoms with Gasteiger partial charge in [0.1, 0.15) is 29.3 Å². The van der Waals surface area contributed by atoms with Gasteiger partial charge in [0.25, 0.3) is 11.6 Å². The molecule has 5 heterocycles. The van der Waals surface area contributed by atoms with Crippen molar-refractivity contribution in [1.82, 2.24) is 28.3 Å². The number of hydrogen-bond acceptors (Lipinski definition) is 19. The van der Waals surface area contributed by atoms with Crippen LogP contribution in [0.4, 0.5) is 5.69 Å². The van der Waals surface area contributed by atoms with E-state index >= 15 is 0 Å². The van der Waals surface area contributed by atoms with E-state index in [1.165, 1.54) is 10.6 Å². The van der Waals surface area contributed by atoms with Gasteiger partial charge in [0.15, 0.2) is 5.60 Å². The Kier molecular flexibility index (Phi) is 11.6. The second-order valence-corrected chi connectivity index (χ2v) is 16.9. The van der Waals surface area contributed by atoms with Crippen LogP contribution in [0.25, 0.3) is 11.3 Å². The Bertz CT molecular complexity index is 2620. The molecule has 1 aliphatic rings. The van der Waals surface area contributed by atoms with Crippen molar-refractivity contribution in [3.05, 3.63) is 104 Å². The van der Waals surface area contributed by atoms with Gasteiger partial charge in [0, 0.05) is 48.8 Å². The predicted octanol–water partition coefficient (Wildman–Crippen LogP) is -1.51. The number of nitro benzene ring substituents is 1. The Morgan fingerprint density at radius 2 is 1.46 bits per heavy atom. The lowest BCUT2D eigenvalue weighted by Crippen LogP contribution is -2.58. The number of nitrogens with zero attached hydrogens (tertiary/aromatic N) is 6. The first kappa shape index (κ1) is 42.8.